The van der Waals surface area contributed by atoms with E-state index in [2.05, 4.69) is 21.5 Å². The van der Waals surface area contributed by atoms with Gasteiger partial charge in [-0.2, -0.15) is 0 Å². The third-order valence-corrected chi connectivity index (χ3v) is 3.60. The first-order valence-electron chi connectivity index (χ1n) is 6.65. The summed E-state index contributed by atoms with van der Waals surface area (Å²) in [6.45, 7) is 1.03. The molecule has 1 aliphatic carbocycles. The third-order valence-electron chi connectivity index (χ3n) is 3.60. The summed E-state index contributed by atoms with van der Waals surface area (Å²) in [5.74, 6) is 3.35. The molecule has 0 aromatic carbocycles. The van der Waals surface area contributed by atoms with Crippen LogP contribution in [0, 0.1) is 17.8 Å². The van der Waals surface area contributed by atoms with Gasteiger partial charge in [0.2, 0.25) is 5.91 Å². The monoisotopic (exact) mass is 392 g/mol. The van der Waals surface area contributed by atoms with E-state index < -0.39 is 0 Å². The number of rotatable bonds is 4. The SMILES string of the molecule is C#CCNC(=NC)NCC1(C(=O)N(C)C)CCCC1.I. The van der Waals surface area contributed by atoms with Crippen molar-refractivity contribution in [3.63, 3.8) is 0 Å². The minimum absolute atomic E-state index is 0. The van der Waals surface area contributed by atoms with Crippen molar-refractivity contribution in [3.8, 4) is 12.3 Å². The molecule has 1 saturated carbocycles. The van der Waals surface area contributed by atoms with Crippen molar-refractivity contribution in [1.82, 2.24) is 15.5 Å². The summed E-state index contributed by atoms with van der Waals surface area (Å²) < 4.78 is 0. The van der Waals surface area contributed by atoms with Crippen LogP contribution in [0.1, 0.15) is 25.7 Å². The Kier molecular flexibility index (Phi) is 8.62. The molecule has 1 fully saturated rings. The first-order valence-corrected chi connectivity index (χ1v) is 6.65. The fraction of sp³-hybridized carbons (Fsp3) is 0.714. The van der Waals surface area contributed by atoms with Crippen LogP contribution < -0.4 is 10.6 Å². The summed E-state index contributed by atoms with van der Waals surface area (Å²) >= 11 is 0. The Hall–Kier alpha value is -0.970. The van der Waals surface area contributed by atoms with Gasteiger partial charge in [-0.05, 0) is 12.8 Å². The second kappa shape index (κ2) is 9.06. The van der Waals surface area contributed by atoms with Gasteiger partial charge in [0.1, 0.15) is 0 Å². The fourth-order valence-corrected chi connectivity index (χ4v) is 2.60. The molecule has 0 aliphatic heterocycles. The Bertz CT molecular complexity index is 381. The van der Waals surface area contributed by atoms with Gasteiger partial charge in [-0.25, -0.2) is 0 Å². The number of hydrogen-bond donors (Lipinski definition) is 2. The lowest BCUT2D eigenvalue weighted by molar-refractivity contribution is -0.138. The molecule has 0 aromatic heterocycles. The van der Waals surface area contributed by atoms with E-state index in [1.54, 1.807) is 11.9 Å². The predicted octanol–water partition coefficient (Wildman–Crippen LogP) is 1.05. The van der Waals surface area contributed by atoms with Crippen molar-refractivity contribution in [1.29, 1.82) is 0 Å². The van der Waals surface area contributed by atoms with E-state index in [1.165, 1.54) is 0 Å². The van der Waals surface area contributed by atoms with Crippen molar-refractivity contribution in [2.24, 2.45) is 10.4 Å². The van der Waals surface area contributed by atoms with Gasteiger partial charge in [-0.3, -0.25) is 9.79 Å². The average Bonchev–Trinajstić information content (AvgIpc) is 2.88. The number of terminal acetylenes is 1. The predicted molar refractivity (Wildman–Crippen MR) is 93.2 cm³/mol. The average molecular weight is 392 g/mol. The number of aliphatic imine (C=N–C) groups is 1. The highest BCUT2D eigenvalue weighted by Crippen LogP contribution is 2.38. The van der Waals surface area contributed by atoms with Crippen LogP contribution in [-0.2, 0) is 4.79 Å². The molecule has 0 unspecified atom stereocenters. The van der Waals surface area contributed by atoms with Crippen LogP contribution in [0.2, 0.25) is 0 Å². The minimum Gasteiger partial charge on any atom is -0.355 e. The van der Waals surface area contributed by atoms with Crippen LogP contribution in [0.5, 0.6) is 0 Å². The molecule has 1 amide bonds. The Labute approximate surface area is 139 Å². The summed E-state index contributed by atoms with van der Waals surface area (Å²) in [6, 6.07) is 0. The molecule has 20 heavy (non-hydrogen) atoms. The van der Waals surface area contributed by atoms with Crippen molar-refractivity contribution >= 4 is 35.8 Å². The first-order chi connectivity index (χ1) is 9.05. The quantitative estimate of drug-likeness (QED) is 0.326. The topological polar surface area (TPSA) is 56.7 Å². The van der Waals surface area contributed by atoms with Crippen molar-refractivity contribution in [2.75, 3.05) is 34.2 Å². The zero-order valence-corrected chi connectivity index (χ0v) is 14.9. The van der Waals surface area contributed by atoms with Gasteiger partial charge in [0.15, 0.2) is 5.96 Å². The smallest absolute Gasteiger partial charge is 0.230 e. The van der Waals surface area contributed by atoms with Crippen LogP contribution in [-0.4, -0.2) is 51.0 Å². The van der Waals surface area contributed by atoms with Gasteiger partial charge in [0, 0.05) is 27.7 Å². The highest BCUT2D eigenvalue weighted by molar-refractivity contribution is 14.0. The molecule has 0 heterocycles. The number of carbonyl (C=O) groups excluding carboxylic acids is 1. The van der Waals surface area contributed by atoms with Crippen LogP contribution in [0.15, 0.2) is 4.99 Å². The molecular formula is C14H25IN4O. The van der Waals surface area contributed by atoms with Crippen LogP contribution in [0.4, 0.5) is 0 Å². The molecule has 1 rings (SSSR count). The molecule has 0 atom stereocenters. The number of nitrogens with one attached hydrogen (secondary N) is 2. The molecule has 5 nitrogen and oxygen atoms in total. The molecule has 114 valence electrons. The number of halogens is 1. The second-order valence-electron chi connectivity index (χ2n) is 5.17. The molecule has 0 saturated heterocycles. The Balaban J connectivity index is 0.00000361. The lowest BCUT2D eigenvalue weighted by Crippen LogP contribution is -2.49. The van der Waals surface area contributed by atoms with Gasteiger partial charge in [0.25, 0.3) is 0 Å². The van der Waals surface area contributed by atoms with E-state index in [4.69, 9.17) is 6.42 Å². The Morgan fingerprint density at radius 2 is 1.95 bits per heavy atom. The largest absolute Gasteiger partial charge is 0.355 e. The molecule has 0 bridgehead atoms. The molecule has 0 radical (unpaired) electrons. The van der Waals surface area contributed by atoms with Crippen molar-refractivity contribution in [3.05, 3.63) is 0 Å². The lowest BCUT2D eigenvalue weighted by atomic mass is 9.84. The molecule has 0 aromatic rings. The summed E-state index contributed by atoms with van der Waals surface area (Å²) in [4.78, 5) is 18.2. The Morgan fingerprint density at radius 3 is 2.40 bits per heavy atom. The summed E-state index contributed by atoms with van der Waals surface area (Å²) in [7, 11) is 5.32. The molecule has 1 aliphatic rings. The normalized spacial score (nSPS) is 16.8. The number of carbonyl (C=O) groups is 1. The number of nitrogens with zero attached hydrogens (tertiary/aromatic N) is 2. The highest BCUT2D eigenvalue weighted by atomic mass is 127. The molecule has 2 N–H and O–H groups in total. The van der Waals surface area contributed by atoms with Gasteiger partial charge in [-0.1, -0.05) is 18.8 Å². The molecule has 6 heteroatoms. The second-order valence-corrected chi connectivity index (χ2v) is 5.17. The van der Waals surface area contributed by atoms with Crippen molar-refractivity contribution < 1.29 is 4.79 Å². The van der Waals surface area contributed by atoms with Crippen LogP contribution in [0.3, 0.4) is 0 Å². The van der Waals surface area contributed by atoms with Gasteiger partial charge < -0.3 is 15.5 Å². The van der Waals surface area contributed by atoms with Gasteiger partial charge in [0.05, 0.1) is 12.0 Å². The lowest BCUT2D eigenvalue weighted by Gasteiger charge is -2.31. The van der Waals surface area contributed by atoms with E-state index in [9.17, 15) is 4.79 Å². The summed E-state index contributed by atoms with van der Waals surface area (Å²) in [5, 5.41) is 6.22. The Morgan fingerprint density at radius 1 is 1.35 bits per heavy atom. The fourth-order valence-electron chi connectivity index (χ4n) is 2.60. The molecular weight excluding hydrogens is 367 g/mol. The summed E-state index contributed by atoms with van der Waals surface area (Å²) in [5.41, 5.74) is -0.294. The van der Waals surface area contributed by atoms with Gasteiger partial charge >= 0.3 is 0 Å². The van der Waals surface area contributed by atoms with E-state index >= 15 is 0 Å². The minimum atomic E-state index is -0.294. The maximum atomic E-state index is 12.4. The van der Waals surface area contributed by atoms with Gasteiger partial charge in [-0.15, -0.1) is 30.4 Å². The zero-order valence-electron chi connectivity index (χ0n) is 12.5. The van der Waals surface area contributed by atoms with Crippen LogP contribution in [0.25, 0.3) is 0 Å². The van der Waals surface area contributed by atoms with Crippen LogP contribution >= 0.6 is 24.0 Å². The molecule has 0 spiro atoms. The highest BCUT2D eigenvalue weighted by Gasteiger charge is 2.41. The first kappa shape index (κ1) is 19.0. The maximum Gasteiger partial charge on any atom is 0.230 e. The van der Waals surface area contributed by atoms with Crippen molar-refractivity contribution in [2.45, 2.75) is 25.7 Å². The van der Waals surface area contributed by atoms with E-state index in [-0.39, 0.29) is 35.3 Å². The maximum absolute atomic E-state index is 12.4. The summed E-state index contributed by atoms with van der Waals surface area (Å²) in [6.07, 6.45) is 9.29. The zero-order chi connectivity index (χ0) is 14.3. The number of amides is 1. The standard InChI is InChI=1S/C14H24N4O.HI/c1-5-10-16-13(15-2)17-11-14(8-6-7-9-14)12(19)18(3)4;/h1H,6-11H2,2-4H3,(H2,15,16,17);1H. The number of hydrogen-bond acceptors (Lipinski definition) is 2. The van der Waals surface area contributed by atoms with E-state index in [1.807, 2.05) is 14.1 Å². The van der Waals surface area contributed by atoms with E-state index in [0.29, 0.717) is 19.0 Å². The number of guanidine groups is 1. The third kappa shape index (κ3) is 4.85. The van der Waals surface area contributed by atoms with E-state index in [0.717, 1.165) is 25.7 Å².